The van der Waals surface area contributed by atoms with Crippen LogP contribution < -0.4 is 0 Å². The van der Waals surface area contributed by atoms with Crippen molar-refractivity contribution in [2.24, 2.45) is 5.92 Å². The fourth-order valence-corrected chi connectivity index (χ4v) is 3.27. The molecule has 2 aliphatic rings. The van der Waals surface area contributed by atoms with Gasteiger partial charge in [0.1, 0.15) is 0 Å². The zero-order chi connectivity index (χ0) is 11.9. The molecule has 0 aromatic carbocycles. The highest BCUT2D eigenvalue weighted by atomic mass is 16.3. The van der Waals surface area contributed by atoms with Crippen LogP contribution in [0.5, 0.6) is 0 Å². The molecule has 0 radical (unpaired) electrons. The molecular formula is C13H26N2O. The summed E-state index contributed by atoms with van der Waals surface area (Å²) >= 11 is 0. The van der Waals surface area contributed by atoms with Gasteiger partial charge in [0.15, 0.2) is 0 Å². The Morgan fingerprint density at radius 3 is 2.38 bits per heavy atom. The van der Waals surface area contributed by atoms with Gasteiger partial charge in [-0.25, -0.2) is 0 Å². The Morgan fingerprint density at radius 1 is 1.25 bits per heavy atom. The van der Waals surface area contributed by atoms with Gasteiger partial charge in [-0.1, -0.05) is 13.8 Å². The number of hydrogen-bond acceptors (Lipinski definition) is 3. The van der Waals surface area contributed by atoms with Gasteiger partial charge in [-0.3, -0.25) is 9.80 Å². The largest absolute Gasteiger partial charge is 0.394 e. The van der Waals surface area contributed by atoms with Crippen molar-refractivity contribution in [3.63, 3.8) is 0 Å². The predicted octanol–water partition coefficient (Wildman–Crippen LogP) is 1.17. The van der Waals surface area contributed by atoms with E-state index in [0.29, 0.717) is 6.04 Å². The zero-order valence-corrected chi connectivity index (χ0v) is 11.1. The van der Waals surface area contributed by atoms with E-state index >= 15 is 0 Å². The quantitative estimate of drug-likeness (QED) is 0.779. The van der Waals surface area contributed by atoms with Gasteiger partial charge in [-0.2, -0.15) is 0 Å². The Balaban J connectivity index is 1.95. The molecule has 94 valence electrons. The maximum atomic E-state index is 9.44. The molecule has 0 aliphatic carbocycles. The Morgan fingerprint density at radius 2 is 1.94 bits per heavy atom. The summed E-state index contributed by atoms with van der Waals surface area (Å²) in [7, 11) is 0. The third kappa shape index (κ3) is 2.13. The second kappa shape index (κ2) is 4.28. The van der Waals surface area contributed by atoms with Crippen LogP contribution in [-0.4, -0.2) is 58.8 Å². The lowest BCUT2D eigenvalue weighted by molar-refractivity contribution is 0.00983. The van der Waals surface area contributed by atoms with E-state index in [2.05, 4.69) is 37.5 Å². The van der Waals surface area contributed by atoms with E-state index in [4.69, 9.17) is 0 Å². The molecule has 0 saturated carbocycles. The lowest BCUT2D eigenvalue weighted by atomic mass is 10.0. The van der Waals surface area contributed by atoms with Crippen LogP contribution in [0.25, 0.3) is 0 Å². The first-order valence-electron chi connectivity index (χ1n) is 6.55. The standard InChI is InChI=1S/C13H26N2O/c1-10(2)6-14-7-12-5-11(14)8-15(12)13(3,4)9-16/h10-12,16H,5-9H2,1-4H3. The highest BCUT2D eigenvalue weighted by Gasteiger charge is 2.47. The molecule has 2 aliphatic heterocycles. The molecular weight excluding hydrogens is 200 g/mol. The van der Waals surface area contributed by atoms with Crippen molar-refractivity contribution in [2.75, 3.05) is 26.2 Å². The number of aliphatic hydroxyl groups is 1. The average molecular weight is 226 g/mol. The third-order valence-corrected chi connectivity index (χ3v) is 4.12. The van der Waals surface area contributed by atoms with Crippen LogP contribution in [0.15, 0.2) is 0 Å². The number of piperazine rings is 1. The molecule has 0 amide bonds. The van der Waals surface area contributed by atoms with Gasteiger partial charge < -0.3 is 5.11 Å². The summed E-state index contributed by atoms with van der Waals surface area (Å²) in [6, 6.07) is 1.41. The van der Waals surface area contributed by atoms with Crippen molar-refractivity contribution in [3.8, 4) is 0 Å². The number of nitrogens with zero attached hydrogens (tertiary/aromatic N) is 2. The van der Waals surface area contributed by atoms with Gasteiger partial charge >= 0.3 is 0 Å². The highest BCUT2D eigenvalue weighted by Crippen LogP contribution is 2.35. The minimum atomic E-state index is -0.0384. The summed E-state index contributed by atoms with van der Waals surface area (Å²) in [5.74, 6) is 0.763. The van der Waals surface area contributed by atoms with Crippen LogP contribution >= 0.6 is 0 Å². The van der Waals surface area contributed by atoms with Crippen molar-refractivity contribution in [1.29, 1.82) is 0 Å². The molecule has 0 aromatic rings. The van der Waals surface area contributed by atoms with Gasteiger partial charge in [-0.05, 0) is 26.2 Å². The number of aliphatic hydroxyl groups excluding tert-OH is 1. The molecule has 2 rings (SSSR count). The van der Waals surface area contributed by atoms with Crippen LogP contribution in [-0.2, 0) is 0 Å². The van der Waals surface area contributed by atoms with Crippen molar-refractivity contribution < 1.29 is 5.11 Å². The molecule has 2 bridgehead atoms. The Bertz CT molecular complexity index is 252. The SMILES string of the molecule is CC(C)CN1CC2CC1CN2C(C)(C)CO. The van der Waals surface area contributed by atoms with Gasteiger partial charge in [0, 0.05) is 37.3 Å². The Kier molecular flexibility index (Phi) is 3.30. The molecule has 2 saturated heterocycles. The lowest BCUT2D eigenvalue weighted by Gasteiger charge is -2.43. The summed E-state index contributed by atoms with van der Waals surface area (Å²) in [5.41, 5.74) is -0.0384. The maximum Gasteiger partial charge on any atom is 0.0610 e. The van der Waals surface area contributed by atoms with Gasteiger partial charge in [-0.15, -0.1) is 0 Å². The van der Waals surface area contributed by atoms with Crippen molar-refractivity contribution in [1.82, 2.24) is 9.80 Å². The van der Waals surface area contributed by atoms with Crippen LogP contribution in [0.1, 0.15) is 34.1 Å². The first kappa shape index (κ1) is 12.3. The number of likely N-dealkylation sites (tertiary alicyclic amines) is 2. The predicted molar refractivity (Wildman–Crippen MR) is 66.5 cm³/mol. The second-order valence-corrected chi connectivity index (χ2v) is 6.51. The van der Waals surface area contributed by atoms with Crippen molar-refractivity contribution in [2.45, 2.75) is 51.7 Å². The van der Waals surface area contributed by atoms with E-state index in [9.17, 15) is 5.11 Å². The normalized spacial score (nSPS) is 31.9. The first-order chi connectivity index (χ1) is 7.44. The lowest BCUT2D eigenvalue weighted by Crippen LogP contribution is -2.56. The molecule has 2 unspecified atom stereocenters. The monoisotopic (exact) mass is 226 g/mol. The van der Waals surface area contributed by atoms with Gasteiger partial charge in [0.25, 0.3) is 0 Å². The summed E-state index contributed by atoms with van der Waals surface area (Å²) < 4.78 is 0. The summed E-state index contributed by atoms with van der Waals surface area (Å²) in [4.78, 5) is 5.15. The third-order valence-electron chi connectivity index (χ3n) is 4.12. The van der Waals surface area contributed by atoms with E-state index in [1.165, 1.54) is 19.5 Å². The smallest absolute Gasteiger partial charge is 0.0610 e. The molecule has 0 aromatic heterocycles. The molecule has 16 heavy (non-hydrogen) atoms. The molecule has 3 heteroatoms. The number of hydrogen-bond donors (Lipinski definition) is 1. The average Bonchev–Trinajstić information content (AvgIpc) is 2.75. The fourth-order valence-electron chi connectivity index (χ4n) is 3.27. The molecule has 0 spiro atoms. The van der Waals surface area contributed by atoms with E-state index in [0.717, 1.165) is 18.5 Å². The molecule has 1 N–H and O–H groups in total. The van der Waals surface area contributed by atoms with Crippen molar-refractivity contribution >= 4 is 0 Å². The highest BCUT2D eigenvalue weighted by molar-refractivity contribution is 5.04. The van der Waals surface area contributed by atoms with E-state index in [1.54, 1.807) is 0 Å². The van der Waals surface area contributed by atoms with E-state index in [1.807, 2.05) is 0 Å². The topological polar surface area (TPSA) is 26.7 Å². The van der Waals surface area contributed by atoms with Crippen LogP contribution in [0.4, 0.5) is 0 Å². The number of rotatable bonds is 4. The minimum Gasteiger partial charge on any atom is -0.394 e. The molecule has 2 atom stereocenters. The molecule has 3 nitrogen and oxygen atoms in total. The summed E-state index contributed by atoms with van der Waals surface area (Å²) in [6.45, 7) is 12.7. The second-order valence-electron chi connectivity index (χ2n) is 6.51. The minimum absolute atomic E-state index is 0.0384. The summed E-state index contributed by atoms with van der Waals surface area (Å²) in [5, 5.41) is 9.44. The maximum absolute atomic E-state index is 9.44. The fraction of sp³-hybridized carbons (Fsp3) is 1.00. The van der Waals surface area contributed by atoms with Crippen LogP contribution in [0, 0.1) is 5.92 Å². The van der Waals surface area contributed by atoms with E-state index in [-0.39, 0.29) is 12.1 Å². The van der Waals surface area contributed by atoms with Gasteiger partial charge in [0.05, 0.1) is 6.61 Å². The first-order valence-corrected chi connectivity index (χ1v) is 6.55. The van der Waals surface area contributed by atoms with Crippen molar-refractivity contribution in [3.05, 3.63) is 0 Å². The Labute approximate surface area is 99.4 Å². The Hall–Kier alpha value is -0.120. The summed E-state index contributed by atoms with van der Waals surface area (Å²) in [6.07, 6.45) is 1.30. The molecule has 2 fully saturated rings. The number of fused-ring (bicyclic) bond motifs is 2. The van der Waals surface area contributed by atoms with E-state index < -0.39 is 0 Å². The van der Waals surface area contributed by atoms with Crippen LogP contribution in [0.2, 0.25) is 0 Å². The van der Waals surface area contributed by atoms with Gasteiger partial charge in [0.2, 0.25) is 0 Å². The molecule has 2 heterocycles. The zero-order valence-electron chi connectivity index (χ0n) is 11.1. The van der Waals surface area contributed by atoms with Crippen LogP contribution in [0.3, 0.4) is 0 Å².